The number of nitrogens with zero attached hydrogens (tertiary/aromatic N) is 1. The summed E-state index contributed by atoms with van der Waals surface area (Å²) in [5, 5.41) is 1.09. The Bertz CT molecular complexity index is 508. The van der Waals surface area contributed by atoms with E-state index in [0.717, 1.165) is 22.0 Å². The molecule has 0 aliphatic heterocycles. The summed E-state index contributed by atoms with van der Waals surface area (Å²) in [6.07, 6.45) is 1.90. The molecule has 2 heteroatoms. The van der Waals surface area contributed by atoms with E-state index in [-0.39, 0.29) is 5.78 Å². The largest absolute Gasteiger partial charge is 0.350 e. The Balaban J connectivity index is 2.93. The lowest BCUT2D eigenvalue weighted by molar-refractivity contribution is 0.101. The quantitative estimate of drug-likeness (QED) is 0.629. The highest BCUT2D eigenvalue weighted by molar-refractivity contribution is 6.08. The van der Waals surface area contributed by atoms with E-state index in [1.54, 1.807) is 6.92 Å². The molecule has 1 heterocycles. The van der Waals surface area contributed by atoms with E-state index in [9.17, 15) is 4.79 Å². The Morgan fingerprint density at radius 3 is 2.71 bits per heavy atom. The predicted octanol–water partition coefficient (Wildman–Crippen LogP) is 2.69. The van der Waals surface area contributed by atoms with Gasteiger partial charge in [0.2, 0.25) is 0 Å². The normalized spacial score (nSPS) is 10.8. The molecule has 0 atom stereocenters. The standard InChI is InChI=1S/C12H13NO/c1-8-5-4-6-11-12(8)10(9(2)14)7-13(11)3/h4-7H,1-3H3. The molecule has 0 saturated carbocycles. The molecule has 0 bridgehead atoms. The fraction of sp³-hybridized carbons (Fsp3) is 0.250. The van der Waals surface area contributed by atoms with E-state index < -0.39 is 0 Å². The summed E-state index contributed by atoms with van der Waals surface area (Å²) in [5.41, 5.74) is 3.10. The SMILES string of the molecule is CC(=O)c1cn(C)c2cccc(C)c12. The highest BCUT2D eigenvalue weighted by Crippen LogP contribution is 2.24. The molecule has 1 aromatic heterocycles. The molecular weight excluding hydrogens is 174 g/mol. The van der Waals surface area contributed by atoms with Gasteiger partial charge in [0, 0.05) is 29.7 Å². The lowest BCUT2D eigenvalue weighted by atomic mass is 10.1. The third kappa shape index (κ3) is 1.15. The molecule has 2 nitrogen and oxygen atoms in total. The number of aryl methyl sites for hydroxylation is 2. The molecule has 0 unspecified atom stereocenters. The zero-order chi connectivity index (χ0) is 10.3. The van der Waals surface area contributed by atoms with E-state index in [4.69, 9.17) is 0 Å². The molecule has 1 aromatic carbocycles. The van der Waals surface area contributed by atoms with Crippen LogP contribution >= 0.6 is 0 Å². The van der Waals surface area contributed by atoms with Crippen molar-refractivity contribution < 1.29 is 4.79 Å². The molecule has 0 amide bonds. The monoisotopic (exact) mass is 187 g/mol. The minimum Gasteiger partial charge on any atom is -0.350 e. The van der Waals surface area contributed by atoms with Crippen LogP contribution in [0.15, 0.2) is 24.4 Å². The molecular formula is C12H13NO. The fourth-order valence-corrected chi connectivity index (χ4v) is 1.89. The first kappa shape index (κ1) is 9.00. The lowest BCUT2D eigenvalue weighted by Gasteiger charge is -1.98. The van der Waals surface area contributed by atoms with Crippen molar-refractivity contribution in [3.63, 3.8) is 0 Å². The Morgan fingerprint density at radius 1 is 1.36 bits per heavy atom. The van der Waals surface area contributed by atoms with E-state index in [0.29, 0.717) is 0 Å². The number of Topliss-reactive ketones (excluding diaryl/α,β-unsaturated/α-hetero) is 1. The van der Waals surface area contributed by atoms with Crippen molar-refractivity contribution in [2.75, 3.05) is 0 Å². The average molecular weight is 187 g/mol. The molecule has 0 saturated heterocycles. The van der Waals surface area contributed by atoms with Crippen molar-refractivity contribution in [1.82, 2.24) is 4.57 Å². The van der Waals surface area contributed by atoms with Gasteiger partial charge in [-0.05, 0) is 25.5 Å². The maximum absolute atomic E-state index is 11.4. The average Bonchev–Trinajstić information content (AvgIpc) is 2.46. The van der Waals surface area contributed by atoms with Crippen LogP contribution in [0.3, 0.4) is 0 Å². The molecule has 2 aromatic rings. The second-order valence-electron chi connectivity index (χ2n) is 3.68. The van der Waals surface area contributed by atoms with Crippen LogP contribution in [-0.2, 0) is 7.05 Å². The van der Waals surface area contributed by atoms with Gasteiger partial charge in [-0.25, -0.2) is 0 Å². The van der Waals surface area contributed by atoms with Crippen LogP contribution in [-0.4, -0.2) is 10.4 Å². The molecule has 0 aliphatic rings. The molecule has 0 radical (unpaired) electrons. The molecule has 72 valence electrons. The van der Waals surface area contributed by atoms with Crippen LogP contribution in [0.5, 0.6) is 0 Å². The van der Waals surface area contributed by atoms with Gasteiger partial charge < -0.3 is 4.57 Å². The van der Waals surface area contributed by atoms with Crippen molar-refractivity contribution in [3.8, 4) is 0 Å². The van der Waals surface area contributed by atoms with Crippen LogP contribution in [0.4, 0.5) is 0 Å². The molecule has 2 rings (SSSR count). The first-order valence-corrected chi connectivity index (χ1v) is 4.67. The van der Waals surface area contributed by atoms with Crippen LogP contribution in [0.2, 0.25) is 0 Å². The summed E-state index contributed by atoms with van der Waals surface area (Å²) in [7, 11) is 1.97. The smallest absolute Gasteiger partial charge is 0.161 e. The summed E-state index contributed by atoms with van der Waals surface area (Å²) in [6, 6.07) is 6.09. The number of ketones is 1. The molecule has 14 heavy (non-hydrogen) atoms. The first-order chi connectivity index (χ1) is 6.61. The minimum absolute atomic E-state index is 0.130. The van der Waals surface area contributed by atoms with Crippen molar-refractivity contribution in [3.05, 3.63) is 35.5 Å². The van der Waals surface area contributed by atoms with E-state index in [2.05, 4.69) is 0 Å². The van der Waals surface area contributed by atoms with Crippen molar-refractivity contribution >= 4 is 16.7 Å². The molecule has 0 aliphatic carbocycles. The summed E-state index contributed by atoms with van der Waals surface area (Å²) < 4.78 is 2.00. The number of aromatic nitrogens is 1. The van der Waals surface area contributed by atoms with Gasteiger partial charge in [-0.3, -0.25) is 4.79 Å². The van der Waals surface area contributed by atoms with E-state index in [1.807, 2.05) is 42.9 Å². The van der Waals surface area contributed by atoms with Crippen molar-refractivity contribution in [2.24, 2.45) is 7.05 Å². The topological polar surface area (TPSA) is 22.0 Å². The second-order valence-corrected chi connectivity index (χ2v) is 3.68. The summed E-state index contributed by atoms with van der Waals surface area (Å²) in [4.78, 5) is 11.4. The van der Waals surface area contributed by atoms with Gasteiger partial charge in [0.25, 0.3) is 0 Å². The van der Waals surface area contributed by atoms with Gasteiger partial charge in [-0.15, -0.1) is 0 Å². The Kier molecular flexibility index (Phi) is 1.92. The third-order valence-corrected chi connectivity index (χ3v) is 2.60. The number of fused-ring (bicyclic) bond motifs is 1. The summed E-state index contributed by atoms with van der Waals surface area (Å²) in [5.74, 6) is 0.130. The maximum Gasteiger partial charge on any atom is 0.161 e. The Hall–Kier alpha value is -1.57. The zero-order valence-corrected chi connectivity index (χ0v) is 8.66. The Morgan fingerprint density at radius 2 is 2.07 bits per heavy atom. The number of carbonyl (C=O) groups excluding carboxylic acids is 1. The summed E-state index contributed by atoms with van der Waals surface area (Å²) in [6.45, 7) is 3.65. The third-order valence-electron chi connectivity index (χ3n) is 2.60. The maximum atomic E-state index is 11.4. The fourth-order valence-electron chi connectivity index (χ4n) is 1.89. The zero-order valence-electron chi connectivity index (χ0n) is 8.66. The van der Waals surface area contributed by atoms with Gasteiger partial charge in [0.05, 0.1) is 0 Å². The number of hydrogen-bond acceptors (Lipinski definition) is 1. The number of benzene rings is 1. The van der Waals surface area contributed by atoms with Crippen molar-refractivity contribution in [2.45, 2.75) is 13.8 Å². The van der Waals surface area contributed by atoms with Gasteiger partial charge in [-0.1, -0.05) is 12.1 Å². The van der Waals surface area contributed by atoms with E-state index in [1.165, 1.54) is 0 Å². The summed E-state index contributed by atoms with van der Waals surface area (Å²) >= 11 is 0. The van der Waals surface area contributed by atoms with Gasteiger partial charge >= 0.3 is 0 Å². The first-order valence-electron chi connectivity index (χ1n) is 4.67. The van der Waals surface area contributed by atoms with Crippen LogP contribution < -0.4 is 0 Å². The van der Waals surface area contributed by atoms with Gasteiger partial charge in [0.1, 0.15) is 0 Å². The Labute approximate surface area is 83.2 Å². The minimum atomic E-state index is 0.130. The molecule has 0 spiro atoms. The number of rotatable bonds is 1. The molecule has 0 N–H and O–H groups in total. The van der Waals surface area contributed by atoms with Gasteiger partial charge in [0.15, 0.2) is 5.78 Å². The van der Waals surface area contributed by atoms with Crippen LogP contribution in [0.1, 0.15) is 22.8 Å². The highest BCUT2D eigenvalue weighted by Gasteiger charge is 2.11. The van der Waals surface area contributed by atoms with E-state index >= 15 is 0 Å². The lowest BCUT2D eigenvalue weighted by Crippen LogP contribution is -1.90. The highest BCUT2D eigenvalue weighted by atomic mass is 16.1. The number of hydrogen-bond donors (Lipinski definition) is 0. The predicted molar refractivity (Wildman–Crippen MR) is 57.7 cm³/mol. The van der Waals surface area contributed by atoms with Crippen molar-refractivity contribution in [1.29, 1.82) is 0 Å². The number of carbonyl (C=O) groups is 1. The molecule has 0 fully saturated rings. The van der Waals surface area contributed by atoms with Crippen LogP contribution in [0, 0.1) is 6.92 Å². The second kappa shape index (κ2) is 2.98. The van der Waals surface area contributed by atoms with Crippen LogP contribution in [0.25, 0.3) is 10.9 Å². The van der Waals surface area contributed by atoms with Gasteiger partial charge in [-0.2, -0.15) is 0 Å².